The van der Waals surface area contributed by atoms with Crippen LogP contribution in [0, 0.1) is 0 Å². The molecule has 2 aliphatic rings. The highest BCUT2D eigenvalue weighted by molar-refractivity contribution is 5.89. The smallest absolute Gasteiger partial charge is 0.120 e. The molecule has 0 radical (unpaired) electrons. The van der Waals surface area contributed by atoms with E-state index >= 15 is 0 Å². The van der Waals surface area contributed by atoms with Gasteiger partial charge >= 0.3 is 0 Å². The maximum absolute atomic E-state index is 10.6. The molecule has 0 amide bonds. The van der Waals surface area contributed by atoms with Crippen molar-refractivity contribution in [1.29, 1.82) is 0 Å². The van der Waals surface area contributed by atoms with Gasteiger partial charge in [0.1, 0.15) is 11.5 Å². The van der Waals surface area contributed by atoms with Gasteiger partial charge in [0, 0.05) is 50.4 Å². The zero-order valence-corrected chi connectivity index (χ0v) is 19.1. The van der Waals surface area contributed by atoms with Crippen molar-refractivity contribution in [1.82, 2.24) is 9.80 Å². The first-order valence-corrected chi connectivity index (χ1v) is 11.4. The maximum Gasteiger partial charge on any atom is 0.120 e. The number of hydrogen-bond acceptors (Lipinski definition) is 6. The normalized spacial score (nSPS) is 19.1. The number of ether oxygens (including phenoxy) is 2. The van der Waals surface area contributed by atoms with Crippen LogP contribution in [0.1, 0.15) is 36.1 Å². The molecule has 2 aromatic carbocycles. The molecule has 2 saturated heterocycles. The Morgan fingerprint density at radius 1 is 0.688 bits per heavy atom. The SMILES string of the molecule is C/C(=C(\C)c1ccc(CN2CCOCC2)c(O)c1)c1ccc(CN2CCOCC2)c(O)c1. The van der Waals surface area contributed by atoms with Gasteiger partial charge in [0.05, 0.1) is 26.4 Å². The topological polar surface area (TPSA) is 65.4 Å². The lowest BCUT2D eigenvalue weighted by Gasteiger charge is -2.27. The summed E-state index contributed by atoms with van der Waals surface area (Å²) in [6.45, 7) is 12.1. The minimum atomic E-state index is 0.324. The first kappa shape index (κ1) is 22.8. The molecule has 2 fully saturated rings. The van der Waals surface area contributed by atoms with E-state index in [0.717, 1.165) is 99.1 Å². The summed E-state index contributed by atoms with van der Waals surface area (Å²) in [5.41, 5.74) is 6.01. The van der Waals surface area contributed by atoms with E-state index in [-0.39, 0.29) is 0 Å². The second-order valence-corrected chi connectivity index (χ2v) is 8.71. The van der Waals surface area contributed by atoms with Crippen LogP contribution in [0.15, 0.2) is 36.4 Å². The zero-order valence-electron chi connectivity index (χ0n) is 19.1. The van der Waals surface area contributed by atoms with Gasteiger partial charge in [0.2, 0.25) is 0 Å². The van der Waals surface area contributed by atoms with Crippen LogP contribution in [-0.4, -0.2) is 72.6 Å². The molecule has 0 saturated carbocycles. The summed E-state index contributed by atoms with van der Waals surface area (Å²) in [5, 5.41) is 21.3. The van der Waals surface area contributed by atoms with Gasteiger partial charge in [-0.3, -0.25) is 9.80 Å². The molecule has 2 heterocycles. The average molecular weight is 439 g/mol. The predicted octanol–water partition coefficient (Wildman–Crippen LogP) is 3.71. The number of aromatic hydroxyl groups is 2. The number of rotatable bonds is 6. The molecule has 0 atom stereocenters. The molecule has 2 aliphatic heterocycles. The molecule has 6 heteroatoms. The highest BCUT2D eigenvalue weighted by Crippen LogP contribution is 2.32. The van der Waals surface area contributed by atoms with Crippen molar-refractivity contribution in [3.63, 3.8) is 0 Å². The summed E-state index contributed by atoms with van der Waals surface area (Å²) in [5.74, 6) is 0.648. The lowest BCUT2D eigenvalue weighted by atomic mass is 9.95. The Hall–Kier alpha value is -2.38. The fourth-order valence-electron chi connectivity index (χ4n) is 4.29. The third-order valence-corrected chi connectivity index (χ3v) is 6.59. The van der Waals surface area contributed by atoms with E-state index in [4.69, 9.17) is 9.47 Å². The molecule has 32 heavy (non-hydrogen) atoms. The number of phenols is 2. The van der Waals surface area contributed by atoms with Crippen molar-refractivity contribution in [3.05, 3.63) is 58.7 Å². The van der Waals surface area contributed by atoms with Crippen LogP contribution < -0.4 is 0 Å². The first-order chi connectivity index (χ1) is 15.5. The van der Waals surface area contributed by atoms with Crippen LogP contribution >= 0.6 is 0 Å². The third-order valence-electron chi connectivity index (χ3n) is 6.59. The second-order valence-electron chi connectivity index (χ2n) is 8.71. The lowest BCUT2D eigenvalue weighted by Crippen LogP contribution is -2.35. The average Bonchev–Trinajstić information content (AvgIpc) is 2.82. The van der Waals surface area contributed by atoms with Gasteiger partial charge < -0.3 is 19.7 Å². The van der Waals surface area contributed by atoms with Crippen LogP contribution in [0.2, 0.25) is 0 Å². The molecule has 0 unspecified atom stereocenters. The first-order valence-electron chi connectivity index (χ1n) is 11.4. The fraction of sp³-hybridized carbons (Fsp3) is 0.462. The van der Waals surface area contributed by atoms with Crippen LogP contribution in [0.5, 0.6) is 11.5 Å². The number of hydrogen-bond donors (Lipinski definition) is 2. The van der Waals surface area contributed by atoms with E-state index < -0.39 is 0 Å². The summed E-state index contributed by atoms with van der Waals surface area (Å²) < 4.78 is 10.8. The Labute approximate surface area is 190 Å². The maximum atomic E-state index is 10.6. The van der Waals surface area contributed by atoms with Crippen molar-refractivity contribution in [2.24, 2.45) is 0 Å². The van der Waals surface area contributed by atoms with Crippen LogP contribution in [0.25, 0.3) is 11.1 Å². The minimum Gasteiger partial charge on any atom is -0.508 e. The monoisotopic (exact) mass is 438 g/mol. The van der Waals surface area contributed by atoms with Crippen molar-refractivity contribution in [2.75, 3.05) is 52.6 Å². The van der Waals surface area contributed by atoms with Gasteiger partial charge in [-0.1, -0.05) is 24.3 Å². The van der Waals surface area contributed by atoms with Crippen molar-refractivity contribution in [2.45, 2.75) is 26.9 Å². The van der Waals surface area contributed by atoms with Gasteiger partial charge in [-0.2, -0.15) is 0 Å². The molecule has 172 valence electrons. The number of phenolic OH excluding ortho intramolecular Hbond substituents is 2. The largest absolute Gasteiger partial charge is 0.508 e. The Morgan fingerprint density at radius 3 is 1.41 bits per heavy atom. The molecule has 0 bridgehead atoms. The summed E-state index contributed by atoms with van der Waals surface area (Å²) in [4.78, 5) is 4.60. The molecule has 2 N–H and O–H groups in total. The Balaban J connectivity index is 1.48. The minimum absolute atomic E-state index is 0.324. The van der Waals surface area contributed by atoms with E-state index in [1.165, 1.54) is 0 Å². The summed E-state index contributed by atoms with van der Waals surface area (Å²) in [6.07, 6.45) is 0. The van der Waals surface area contributed by atoms with Gasteiger partial charge in [0.15, 0.2) is 0 Å². The number of morpholine rings is 2. The van der Waals surface area contributed by atoms with Crippen LogP contribution in [0.3, 0.4) is 0 Å². The van der Waals surface area contributed by atoms with E-state index in [9.17, 15) is 10.2 Å². The van der Waals surface area contributed by atoms with Crippen LogP contribution in [-0.2, 0) is 22.6 Å². The fourth-order valence-corrected chi connectivity index (χ4v) is 4.29. The highest BCUT2D eigenvalue weighted by Gasteiger charge is 2.15. The molecular weight excluding hydrogens is 404 g/mol. The Morgan fingerprint density at radius 2 is 1.06 bits per heavy atom. The van der Waals surface area contributed by atoms with Gasteiger partial charge in [-0.05, 0) is 48.3 Å². The van der Waals surface area contributed by atoms with Crippen molar-refractivity contribution >= 4 is 11.1 Å². The van der Waals surface area contributed by atoms with Gasteiger partial charge in [-0.25, -0.2) is 0 Å². The van der Waals surface area contributed by atoms with Gasteiger partial charge in [-0.15, -0.1) is 0 Å². The molecule has 2 aromatic rings. The summed E-state index contributed by atoms with van der Waals surface area (Å²) in [6, 6.07) is 11.9. The van der Waals surface area contributed by atoms with Crippen molar-refractivity contribution in [3.8, 4) is 11.5 Å². The second kappa shape index (κ2) is 10.5. The number of nitrogens with zero attached hydrogens (tertiary/aromatic N) is 2. The molecule has 0 spiro atoms. The van der Waals surface area contributed by atoms with Crippen molar-refractivity contribution < 1.29 is 19.7 Å². The lowest BCUT2D eigenvalue weighted by molar-refractivity contribution is 0.0338. The molecule has 0 aliphatic carbocycles. The molecule has 0 aromatic heterocycles. The summed E-state index contributed by atoms with van der Waals surface area (Å²) >= 11 is 0. The van der Waals surface area contributed by atoms with E-state index in [1.807, 2.05) is 24.3 Å². The number of benzene rings is 2. The molecule has 6 nitrogen and oxygen atoms in total. The Bertz CT molecular complexity index is 883. The number of allylic oxidation sites excluding steroid dienone is 2. The molecular formula is C26H34N2O4. The van der Waals surface area contributed by atoms with E-state index in [1.54, 1.807) is 0 Å². The molecule has 4 rings (SSSR count). The van der Waals surface area contributed by atoms with Crippen LogP contribution in [0.4, 0.5) is 0 Å². The quantitative estimate of drug-likeness (QED) is 0.671. The van der Waals surface area contributed by atoms with E-state index in [0.29, 0.717) is 11.5 Å². The highest BCUT2D eigenvalue weighted by atomic mass is 16.5. The zero-order chi connectivity index (χ0) is 22.5. The standard InChI is InChI=1S/C26H34N2O4/c1-19(21-3-5-23(25(29)15-21)17-27-7-11-31-12-8-27)20(2)22-4-6-24(26(30)16-22)18-28-9-13-32-14-10-28/h3-6,15-16,29-30H,7-14,17-18H2,1-2H3/b20-19-. The van der Waals surface area contributed by atoms with E-state index in [2.05, 4.69) is 35.8 Å². The Kier molecular flexibility index (Phi) is 7.48. The summed E-state index contributed by atoms with van der Waals surface area (Å²) in [7, 11) is 0. The predicted molar refractivity (Wildman–Crippen MR) is 127 cm³/mol. The van der Waals surface area contributed by atoms with Gasteiger partial charge in [0.25, 0.3) is 0 Å². The third kappa shape index (κ3) is 5.51.